The number of benzene rings is 1. The molecule has 0 saturated heterocycles. The Labute approximate surface area is 108 Å². The van der Waals surface area contributed by atoms with E-state index in [1.165, 1.54) is 37.8 Å². The summed E-state index contributed by atoms with van der Waals surface area (Å²) in [4.78, 5) is 0. The lowest BCUT2D eigenvalue weighted by Crippen LogP contribution is -2.31. The Balaban J connectivity index is 1.93. The van der Waals surface area contributed by atoms with E-state index in [0.717, 1.165) is 11.5 Å². The van der Waals surface area contributed by atoms with Crippen LogP contribution in [0.25, 0.3) is 0 Å². The summed E-state index contributed by atoms with van der Waals surface area (Å²) in [6, 6.07) is 6.95. The van der Waals surface area contributed by atoms with Gasteiger partial charge in [0.1, 0.15) is 5.82 Å². The van der Waals surface area contributed by atoms with Crippen LogP contribution in [-0.4, -0.2) is 6.04 Å². The van der Waals surface area contributed by atoms with E-state index >= 15 is 0 Å². The van der Waals surface area contributed by atoms with E-state index in [0.29, 0.717) is 18.2 Å². The predicted molar refractivity (Wildman–Crippen MR) is 69.4 cm³/mol. The fourth-order valence-electron chi connectivity index (χ4n) is 2.72. The molecule has 1 atom stereocenters. The van der Waals surface area contributed by atoms with Crippen LogP contribution in [0.4, 0.5) is 4.39 Å². The van der Waals surface area contributed by atoms with Crippen LogP contribution in [0.5, 0.6) is 0 Å². The third-order valence-electron chi connectivity index (χ3n) is 3.82. The molecule has 18 heavy (non-hydrogen) atoms. The molecule has 1 aliphatic rings. The van der Waals surface area contributed by atoms with E-state index in [1.54, 1.807) is 6.07 Å². The first kappa shape index (κ1) is 13.0. The van der Waals surface area contributed by atoms with Crippen LogP contribution in [0.2, 0.25) is 0 Å². The molecule has 1 saturated carbocycles. The summed E-state index contributed by atoms with van der Waals surface area (Å²) in [5.74, 6) is 0.411. The summed E-state index contributed by atoms with van der Waals surface area (Å²) < 4.78 is 13.3. The minimum atomic E-state index is -0.334. The second-order valence-electron chi connectivity index (χ2n) is 5.17. The quantitative estimate of drug-likeness (QED) is 0.884. The van der Waals surface area contributed by atoms with Crippen molar-refractivity contribution in [1.82, 2.24) is 5.32 Å². The van der Waals surface area contributed by atoms with Crippen molar-refractivity contribution in [2.24, 2.45) is 5.92 Å². The highest BCUT2D eigenvalue weighted by molar-refractivity contribution is 5.33. The van der Waals surface area contributed by atoms with Gasteiger partial charge in [-0.05, 0) is 49.4 Å². The van der Waals surface area contributed by atoms with Crippen molar-refractivity contribution in [3.63, 3.8) is 0 Å². The van der Waals surface area contributed by atoms with E-state index < -0.39 is 0 Å². The topological polar surface area (TPSA) is 35.8 Å². The lowest BCUT2D eigenvalue weighted by atomic mass is 9.99. The van der Waals surface area contributed by atoms with Crippen molar-refractivity contribution in [3.8, 4) is 6.07 Å². The first-order valence-corrected chi connectivity index (χ1v) is 6.62. The van der Waals surface area contributed by atoms with Gasteiger partial charge in [0.25, 0.3) is 0 Å². The molecule has 3 heteroatoms. The van der Waals surface area contributed by atoms with Gasteiger partial charge >= 0.3 is 0 Å². The fourth-order valence-corrected chi connectivity index (χ4v) is 2.72. The van der Waals surface area contributed by atoms with Crippen LogP contribution in [0.3, 0.4) is 0 Å². The lowest BCUT2D eigenvalue weighted by molar-refractivity contribution is 0.380. The molecule has 0 heterocycles. The normalized spacial score (nSPS) is 17.6. The van der Waals surface area contributed by atoms with Gasteiger partial charge in [0.05, 0.1) is 11.6 Å². The zero-order chi connectivity index (χ0) is 13.0. The maximum absolute atomic E-state index is 13.3. The van der Waals surface area contributed by atoms with Crippen molar-refractivity contribution in [2.75, 3.05) is 0 Å². The van der Waals surface area contributed by atoms with Crippen LogP contribution < -0.4 is 5.32 Å². The third kappa shape index (κ3) is 3.30. The monoisotopic (exact) mass is 246 g/mol. The molecule has 0 aliphatic heterocycles. The van der Waals surface area contributed by atoms with E-state index in [-0.39, 0.29) is 5.82 Å². The number of hydrogen-bond acceptors (Lipinski definition) is 2. The summed E-state index contributed by atoms with van der Waals surface area (Å²) in [7, 11) is 0. The number of hydrogen-bond donors (Lipinski definition) is 1. The summed E-state index contributed by atoms with van der Waals surface area (Å²) in [6.07, 6.45) is 5.24. The van der Waals surface area contributed by atoms with Gasteiger partial charge in [0, 0.05) is 12.6 Å². The molecule has 1 aromatic carbocycles. The first-order valence-electron chi connectivity index (χ1n) is 6.62. The molecule has 1 aromatic rings. The number of rotatable bonds is 4. The SMILES string of the molecule is C[C@H](NCc1cc(F)cc(C#N)c1)C1CCCC1. The highest BCUT2D eigenvalue weighted by atomic mass is 19.1. The van der Waals surface area contributed by atoms with Crippen molar-refractivity contribution in [2.45, 2.75) is 45.2 Å². The third-order valence-corrected chi connectivity index (χ3v) is 3.82. The van der Waals surface area contributed by atoms with E-state index in [4.69, 9.17) is 5.26 Å². The van der Waals surface area contributed by atoms with Crippen molar-refractivity contribution in [1.29, 1.82) is 5.26 Å². The van der Waals surface area contributed by atoms with Gasteiger partial charge in [-0.1, -0.05) is 12.8 Å². The van der Waals surface area contributed by atoms with E-state index in [1.807, 2.05) is 6.07 Å². The molecule has 0 bridgehead atoms. The summed E-state index contributed by atoms with van der Waals surface area (Å²) in [6.45, 7) is 2.82. The number of halogens is 1. The Kier molecular flexibility index (Phi) is 4.33. The predicted octanol–water partition coefficient (Wildman–Crippen LogP) is 3.37. The Hall–Kier alpha value is -1.40. The minimum Gasteiger partial charge on any atom is -0.310 e. The van der Waals surface area contributed by atoms with Crippen molar-refractivity contribution < 1.29 is 4.39 Å². The molecule has 0 amide bonds. The second kappa shape index (κ2) is 5.97. The first-order chi connectivity index (χ1) is 8.69. The maximum Gasteiger partial charge on any atom is 0.124 e. The minimum absolute atomic E-state index is 0.334. The van der Waals surface area contributed by atoms with Gasteiger partial charge in [0.15, 0.2) is 0 Å². The molecular formula is C15H19FN2. The van der Waals surface area contributed by atoms with Gasteiger partial charge in [-0.3, -0.25) is 0 Å². The lowest BCUT2D eigenvalue weighted by Gasteiger charge is -2.20. The standard InChI is InChI=1S/C15H19FN2/c1-11(14-4-2-3-5-14)18-10-13-6-12(9-17)7-15(16)8-13/h6-8,11,14,18H,2-5,10H2,1H3/t11-/m0/s1. The molecule has 0 radical (unpaired) electrons. The molecule has 0 unspecified atom stereocenters. The molecular weight excluding hydrogens is 227 g/mol. The molecule has 0 aromatic heterocycles. The smallest absolute Gasteiger partial charge is 0.124 e. The number of nitriles is 1. The average Bonchev–Trinajstić information content (AvgIpc) is 2.89. The molecule has 0 spiro atoms. The Morgan fingerprint density at radius 1 is 1.39 bits per heavy atom. The molecule has 1 fully saturated rings. The Bertz CT molecular complexity index is 444. The maximum atomic E-state index is 13.3. The van der Waals surface area contributed by atoms with Crippen LogP contribution in [-0.2, 0) is 6.54 Å². The van der Waals surface area contributed by atoms with Gasteiger partial charge in [-0.2, -0.15) is 5.26 Å². The van der Waals surface area contributed by atoms with Crippen LogP contribution in [0.15, 0.2) is 18.2 Å². The second-order valence-corrected chi connectivity index (χ2v) is 5.17. The van der Waals surface area contributed by atoms with Crippen LogP contribution in [0.1, 0.15) is 43.7 Å². The van der Waals surface area contributed by atoms with Crippen LogP contribution >= 0.6 is 0 Å². The number of nitrogens with zero attached hydrogens (tertiary/aromatic N) is 1. The highest BCUT2D eigenvalue weighted by Gasteiger charge is 2.20. The highest BCUT2D eigenvalue weighted by Crippen LogP contribution is 2.27. The van der Waals surface area contributed by atoms with Gasteiger partial charge in [-0.15, -0.1) is 0 Å². The van der Waals surface area contributed by atoms with E-state index in [9.17, 15) is 4.39 Å². The van der Waals surface area contributed by atoms with Gasteiger partial charge in [0.2, 0.25) is 0 Å². The van der Waals surface area contributed by atoms with Gasteiger partial charge in [-0.25, -0.2) is 4.39 Å². The largest absolute Gasteiger partial charge is 0.310 e. The van der Waals surface area contributed by atoms with E-state index in [2.05, 4.69) is 12.2 Å². The molecule has 1 N–H and O–H groups in total. The van der Waals surface area contributed by atoms with Crippen molar-refractivity contribution >= 4 is 0 Å². The zero-order valence-electron chi connectivity index (χ0n) is 10.7. The Morgan fingerprint density at radius 2 is 2.11 bits per heavy atom. The van der Waals surface area contributed by atoms with Crippen LogP contribution in [0, 0.1) is 23.1 Å². The molecule has 1 aliphatic carbocycles. The average molecular weight is 246 g/mol. The number of nitrogens with one attached hydrogen (secondary N) is 1. The fraction of sp³-hybridized carbons (Fsp3) is 0.533. The summed E-state index contributed by atoms with van der Waals surface area (Å²) >= 11 is 0. The molecule has 96 valence electrons. The zero-order valence-corrected chi connectivity index (χ0v) is 10.7. The van der Waals surface area contributed by atoms with Gasteiger partial charge < -0.3 is 5.32 Å². The molecule has 2 rings (SSSR count). The summed E-state index contributed by atoms with van der Waals surface area (Å²) in [5, 5.41) is 12.2. The Morgan fingerprint density at radius 3 is 2.78 bits per heavy atom. The molecule has 2 nitrogen and oxygen atoms in total. The summed E-state index contributed by atoms with van der Waals surface area (Å²) in [5.41, 5.74) is 1.23. The van der Waals surface area contributed by atoms with Crippen molar-refractivity contribution in [3.05, 3.63) is 35.1 Å².